The molecule has 0 aliphatic carbocycles. The molecule has 1 aromatic rings. The molecule has 0 saturated carbocycles. The molecule has 1 fully saturated rings. The number of hydrogen-bond donors (Lipinski definition) is 1. The Morgan fingerprint density at radius 1 is 1.64 bits per heavy atom. The van der Waals surface area contributed by atoms with Crippen LogP contribution in [0.25, 0.3) is 0 Å². The molecular weight excluding hydrogens is 196 g/mol. The molecule has 78 valence electrons. The van der Waals surface area contributed by atoms with Gasteiger partial charge in [0.05, 0.1) is 6.20 Å². The van der Waals surface area contributed by atoms with Gasteiger partial charge in [-0.3, -0.25) is 0 Å². The van der Waals surface area contributed by atoms with E-state index >= 15 is 0 Å². The largest absolute Gasteiger partial charge is 0.361 e. The van der Waals surface area contributed by atoms with Gasteiger partial charge in [-0.2, -0.15) is 11.8 Å². The molecular formula is C10H16N2OS. The topological polar surface area (TPSA) is 52.0 Å². The fraction of sp³-hybridized carbons (Fsp3) is 0.700. The molecule has 2 N–H and O–H groups in total. The SMILES string of the molecule is NCc1cnoc1CC1CCCSC1. The minimum atomic E-state index is 0.540. The summed E-state index contributed by atoms with van der Waals surface area (Å²) in [4.78, 5) is 0. The van der Waals surface area contributed by atoms with E-state index < -0.39 is 0 Å². The molecule has 2 rings (SSSR count). The first-order valence-electron chi connectivity index (χ1n) is 5.10. The summed E-state index contributed by atoms with van der Waals surface area (Å²) < 4.78 is 5.22. The van der Waals surface area contributed by atoms with Crippen LogP contribution in [0.2, 0.25) is 0 Å². The summed E-state index contributed by atoms with van der Waals surface area (Å²) in [6.45, 7) is 0.540. The summed E-state index contributed by atoms with van der Waals surface area (Å²) in [5, 5.41) is 3.80. The first-order valence-corrected chi connectivity index (χ1v) is 6.26. The Morgan fingerprint density at radius 3 is 3.29 bits per heavy atom. The van der Waals surface area contributed by atoms with E-state index in [9.17, 15) is 0 Å². The van der Waals surface area contributed by atoms with Crippen LogP contribution in [0.1, 0.15) is 24.2 Å². The summed E-state index contributed by atoms with van der Waals surface area (Å²) in [6.07, 6.45) is 5.41. The lowest BCUT2D eigenvalue weighted by Crippen LogP contribution is -2.14. The fourth-order valence-corrected chi connectivity index (χ4v) is 3.01. The average Bonchev–Trinajstić information content (AvgIpc) is 2.67. The van der Waals surface area contributed by atoms with Crippen LogP contribution in [0.15, 0.2) is 10.7 Å². The van der Waals surface area contributed by atoms with Crippen LogP contribution in [0.3, 0.4) is 0 Å². The standard InChI is InChI=1S/C10H16N2OS/c11-5-9-6-12-13-10(9)4-8-2-1-3-14-7-8/h6,8H,1-5,7,11H2. The predicted octanol–water partition coefficient (Wildman–Crippen LogP) is 1.82. The normalized spacial score (nSPS) is 22.5. The van der Waals surface area contributed by atoms with Crippen LogP contribution < -0.4 is 5.73 Å². The van der Waals surface area contributed by atoms with E-state index in [2.05, 4.69) is 5.16 Å². The third-order valence-corrected chi connectivity index (χ3v) is 3.96. The van der Waals surface area contributed by atoms with Crippen molar-refractivity contribution in [3.05, 3.63) is 17.5 Å². The molecule has 4 heteroatoms. The van der Waals surface area contributed by atoms with E-state index in [0.29, 0.717) is 6.54 Å². The molecule has 0 aromatic carbocycles. The highest BCUT2D eigenvalue weighted by Gasteiger charge is 2.17. The Balaban J connectivity index is 1.95. The van der Waals surface area contributed by atoms with E-state index in [0.717, 1.165) is 23.7 Å². The van der Waals surface area contributed by atoms with Crippen LogP contribution in [0, 0.1) is 5.92 Å². The molecule has 1 unspecified atom stereocenters. The first kappa shape index (κ1) is 10.1. The van der Waals surface area contributed by atoms with Gasteiger partial charge in [0.1, 0.15) is 5.76 Å². The minimum Gasteiger partial charge on any atom is -0.361 e. The van der Waals surface area contributed by atoms with E-state index in [4.69, 9.17) is 10.3 Å². The third-order valence-electron chi connectivity index (χ3n) is 2.68. The van der Waals surface area contributed by atoms with Gasteiger partial charge in [0.2, 0.25) is 0 Å². The van der Waals surface area contributed by atoms with E-state index in [1.54, 1.807) is 6.20 Å². The van der Waals surface area contributed by atoms with Crippen molar-refractivity contribution in [1.29, 1.82) is 0 Å². The summed E-state index contributed by atoms with van der Waals surface area (Å²) in [7, 11) is 0. The van der Waals surface area contributed by atoms with E-state index in [1.165, 1.54) is 24.3 Å². The van der Waals surface area contributed by atoms with Crippen LogP contribution >= 0.6 is 11.8 Å². The number of aromatic nitrogens is 1. The number of rotatable bonds is 3. The summed E-state index contributed by atoms with van der Waals surface area (Å²) in [6, 6.07) is 0. The number of hydrogen-bond acceptors (Lipinski definition) is 4. The lowest BCUT2D eigenvalue weighted by Gasteiger charge is -2.20. The Hall–Kier alpha value is -0.480. The van der Waals surface area contributed by atoms with Crippen LogP contribution in [0.5, 0.6) is 0 Å². The second kappa shape index (κ2) is 4.84. The molecule has 14 heavy (non-hydrogen) atoms. The highest BCUT2D eigenvalue weighted by molar-refractivity contribution is 7.99. The van der Waals surface area contributed by atoms with Crippen molar-refractivity contribution < 1.29 is 4.52 Å². The molecule has 0 spiro atoms. The molecule has 1 aromatic heterocycles. The molecule has 0 amide bonds. The average molecular weight is 212 g/mol. The molecule has 0 bridgehead atoms. The maximum absolute atomic E-state index is 5.59. The van der Waals surface area contributed by atoms with Gasteiger partial charge >= 0.3 is 0 Å². The molecule has 0 radical (unpaired) electrons. The highest BCUT2D eigenvalue weighted by Crippen LogP contribution is 2.26. The van der Waals surface area contributed by atoms with Crippen molar-refractivity contribution in [3.8, 4) is 0 Å². The van der Waals surface area contributed by atoms with Crippen molar-refractivity contribution in [3.63, 3.8) is 0 Å². The van der Waals surface area contributed by atoms with Gasteiger partial charge in [0.25, 0.3) is 0 Å². The fourth-order valence-electron chi connectivity index (χ4n) is 1.85. The lowest BCUT2D eigenvalue weighted by atomic mass is 9.98. The predicted molar refractivity (Wildman–Crippen MR) is 58.1 cm³/mol. The molecule has 1 saturated heterocycles. The Kier molecular flexibility index (Phi) is 3.48. The maximum atomic E-state index is 5.59. The van der Waals surface area contributed by atoms with Crippen molar-refractivity contribution >= 4 is 11.8 Å². The number of nitrogens with two attached hydrogens (primary N) is 1. The van der Waals surface area contributed by atoms with Crippen molar-refractivity contribution in [1.82, 2.24) is 5.16 Å². The van der Waals surface area contributed by atoms with Gasteiger partial charge < -0.3 is 10.3 Å². The Labute approximate surface area is 88.4 Å². The van der Waals surface area contributed by atoms with Gasteiger partial charge in [0.15, 0.2) is 0 Å². The molecule has 1 atom stereocenters. The zero-order valence-corrected chi connectivity index (χ0v) is 9.05. The van der Waals surface area contributed by atoms with Gasteiger partial charge in [-0.15, -0.1) is 0 Å². The van der Waals surface area contributed by atoms with Gasteiger partial charge in [-0.25, -0.2) is 0 Å². The maximum Gasteiger partial charge on any atom is 0.141 e. The number of thioether (sulfide) groups is 1. The summed E-state index contributed by atoms with van der Waals surface area (Å²) in [5.41, 5.74) is 6.66. The zero-order chi connectivity index (χ0) is 9.80. The Bertz CT molecular complexity index is 281. The minimum absolute atomic E-state index is 0.540. The van der Waals surface area contributed by atoms with E-state index in [-0.39, 0.29) is 0 Å². The van der Waals surface area contributed by atoms with Gasteiger partial charge in [-0.05, 0) is 30.3 Å². The smallest absolute Gasteiger partial charge is 0.141 e. The second-order valence-electron chi connectivity index (χ2n) is 3.77. The Morgan fingerprint density at radius 2 is 2.57 bits per heavy atom. The monoisotopic (exact) mass is 212 g/mol. The molecule has 2 heterocycles. The first-order chi connectivity index (χ1) is 6.90. The second-order valence-corrected chi connectivity index (χ2v) is 4.92. The van der Waals surface area contributed by atoms with Crippen LogP contribution in [0.4, 0.5) is 0 Å². The molecule has 1 aliphatic rings. The van der Waals surface area contributed by atoms with Crippen molar-refractivity contribution in [2.75, 3.05) is 11.5 Å². The third kappa shape index (κ3) is 2.30. The quantitative estimate of drug-likeness (QED) is 0.830. The molecule has 1 aliphatic heterocycles. The highest BCUT2D eigenvalue weighted by atomic mass is 32.2. The van der Waals surface area contributed by atoms with Crippen molar-refractivity contribution in [2.45, 2.75) is 25.8 Å². The van der Waals surface area contributed by atoms with Gasteiger partial charge in [0, 0.05) is 18.5 Å². The zero-order valence-electron chi connectivity index (χ0n) is 8.24. The van der Waals surface area contributed by atoms with Crippen LogP contribution in [-0.2, 0) is 13.0 Å². The van der Waals surface area contributed by atoms with Crippen molar-refractivity contribution in [2.24, 2.45) is 11.7 Å². The summed E-state index contributed by atoms with van der Waals surface area (Å²) in [5.74, 6) is 4.33. The summed E-state index contributed by atoms with van der Waals surface area (Å²) >= 11 is 2.04. The van der Waals surface area contributed by atoms with E-state index in [1.807, 2.05) is 11.8 Å². The number of nitrogens with zero attached hydrogens (tertiary/aromatic N) is 1. The lowest BCUT2D eigenvalue weighted by molar-refractivity contribution is 0.356. The molecule has 3 nitrogen and oxygen atoms in total. The van der Waals surface area contributed by atoms with Crippen LogP contribution in [-0.4, -0.2) is 16.7 Å². The van der Waals surface area contributed by atoms with Gasteiger partial charge in [-0.1, -0.05) is 5.16 Å².